The fourth-order valence-electron chi connectivity index (χ4n) is 3.20. The highest BCUT2D eigenvalue weighted by Crippen LogP contribution is 2.37. The molecule has 3 aromatic carbocycles. The Kier molecular flexibility index (Phi) is 6.53. The van der Waals surface area contributed by atoms with Crippen LogP contribution in [0.1, 0.15) is 16.7 Å². The molecule has 0 bridgehead atoms. The number of halogens is 2. The lowest BCUT2D eigenvalue weighted by Gasteiger charge is -2.15. The van der Waals surface area contributed by atoms with Crippen molar-refractivity contribution in [1.82, 2.24) is 5.32 Å². The van der Waals surface area contributed by atoms with Crippen LogP contribution in [-0.2, 0) is 19.7 Å². The summed E-state index contributed by atoms with van der Waals surface area (Å²) in [6.45, 7) is 1.93. The van der Waals surface area contributed by atoms with Crippen LogP contribution in [0.25, 0.3) is 0 Å². The first-order chi connectivity index (χ1) is 14.6. The van der Waals surface area contributed by atoms with E-state index in [0.717, 1.165) is 28.2 Å². The molecule has 1 heterocycles. The minimum absolute atomic E-state index is 0.274. The molecule has 0 saturated heterocycles. The van der Waals surface area contributed by atoms with Gasteiger partial charge in [0.25, 0.3) is 0 Å². The lowest BCUT2D eigenvalue weighted by atomic mass is 10.1. The van der Waals surface area contributed by atoms with Crippen molar-refractivity contribution >= 4 is 23.2 Å². The predicted molar refractivity (Wildman–Crippen MR) is 117 cm³/mol. The molecule has 0 aromatic heterocycles. The molecule has 0 saturated carbocycles. The Hall–Kier alpha value is -2.60. The molecule has 1 aliphatic rings. The largest absolute Gasteiger partial charge is 0.493 e. The monoisotopic (exact) mass is 445 g/mol. The highest BCUT2D eigenvalue weighted by Gasteiger charge is 2.14. The highest BCUT2D eigenvalue weighted by atomic mass is 35.5. The number of rotatable bonds is 8. The normalized spacial score (nSPS) is 12.1. The van der Waals surface area contributed by atoms with Crippen LogP contribution in [-0.4, -0.2) is 13.9 Å². The van der Waals surface area contributed by atoms with Gasteiger partial charge in [0.05, 0.1) is 12.1 Å². The number of methoxy groups -OCH3 is 1. The second-order valence-corrected chi connectivity index (χ2v) is 7.66. The maximum atomic E-state index is 6.48. The van der Waals surface area contributed by atoms with Crippen LogP contribution in [0.2, 0.25) is 10.0 Å². The third-order valence-corrected chi connectivity index (χ3v) is 5.17. The van der Waals surface area contributed by atoms with Crippen LogP contribution < -0.4 is 24.3 Å². The molecule has 4 rings (SSSR count). The van der Waals surface area contributed by atoms with Crippen molar-refractivity contribution in [3.8, 4) is 23.0 Å². The summed E-state index contributed by atoms with van der Waals surface area (Å²) in [7, 11) is 1.60. The fourth-order valence-corrected chi connectivity index (χ4v) is 3.70. The fraction of sp³-hybridized carbons (Fsp3) is 0.217. The van der Waals surface area contributed by atoms with E-state index in [1.54, 1.807) is 7.11 Å². The summed E-state index contributed by atoms with van der Waals surface area (Å²) in [5.74, 6) is 2.66. The first-order valence-electron chi connectivity index (χ1n) is 9.45. The van der Waals surface area contributed by atoms with Gasteiger partial charge in [0.15, 0.2) is 23.0 Å². The minimum Gasteiger partial charge on any atom is -0.493 e. The zero-order valence-electron chi connectivity index (χ0n) is 16.4. The van der Waals surface area contributed by atoms with Gasteiger partial charge in [0.1, 0.15) is 6.61 Å². The van der Waals surface area contributed by atoms with Gasteiger partial charge in [0, 0.05) is 18.1 Å². The van der Waals surface area contributed by atoms with Gasteiger partial charge in [-0.05, 0) is 53.1 Å². The molecule has 1 N–H and O–H groups in total. The van der Waals surface area contributed by atoms with E-state index in [1.165, 1.54) is 0 Å². The second kappa shape index (κ2) is 9.47. The molecule has 0 fully saturated rings. The van der Waals surface area contributed by atoms with E-state index in [1.807, 2.05) is 54.6 Å². The Morgan fingerprint density at radius 2 is 1.73 bits per heavy atom. The molecular formula is C23H21Cl2NO4. The number of benzene rings is 3. The average molecular weight is 446 g/mol. The number of hydrogen-bond acceptors (Lipinski definition) is 5. The number of nitrogens with one attached hydrogen (secondary N) is 1. The van der Waals surface area contributed by atoms with Gasteiger partial charge in [-0.3, -0.25) is 0 Å². The second-order valence-electron chi connectivity index (χ2n) is 6.82. The SMILES string of the molecule is COc1cc(CNCc2ccc3c(c2)OCO3)cc(Cl)c1OCc1cccc(Cl)c1. The zero-order valence-corrected chi connectivity index (χ0v) is 17.9. The van der Waals surface area contributed by atoms with Crippen LogP contribution in [0.3, 0.4) is 0 Å². The molecular weight excluding hydrogens is 425 g/mol. The number of hydrogen-bond donors (Lipinski definition) is 1. The molecule has 7 heteroatoms. The zero-order chi connectivity index (χ0) is 20.9. The summed E-state index contributed by atoms with van der Waals surface area (Å²) < 4.78 is 22.2. The van der Waals surface area contributed by atoms with Gasteiger partial charge in [-0.25, -0.2) is 0 Å². The minimum atomic E-state index is 0.274. The molecule has 156 valence electrons. The first-order valence-corrected chi connectivity index (χ1v) is 10.2. The number of ether oxygens (including phenoxy) is 4. The van der Waals surface area contributed by atoms with Gasteiger partial charge in [-0.15, -0.1) is 0 Å². The standard InChI is InChI=1S/C23H21Cl2NO4/c1-27-22-10-17(12-26-11-15-5-6-20-21(9-15)30-14-29-20)8-19(25)23(22)28-13-16-3-2-4-18(24)7-16/h2-10,26H,11-14H2,1H3. The Balaban J connectivity index is 1.39. The third kappa shape index (κ3) is 4.93. The van der Waals surface area contributed by atoms with Crippen molar-refractivity contribution in [2.24, 2.45) is 0 Å². The third-order valence-electron chi connectivity index (χ3n) is 4.66. The van der Waals surface area contributed by atoms with Crippen LogP contribution in [0.15, 0.2) is 54.6 Å². The maximum Gasteiger partial charge on any atom is 0.231 e. The van der Waals surface area contributed by atoms with E-state index in [9.17, 15) is 0 Å². The van der Waals surface area contributed by atoms with Crippen molar-refractivity contribution < 1.29 is 18.9 Å². The molecule has 0 amide bonds. The Morgan fingerprint density at radius 3 is 2.57 bits per heavy atom. The lowest BCUT2D eigenvalue weighted by molar-refractivity contribution is 0.174. The summed E-state index contributed by atoms with van der Waals surface area (Å²) in [4.78, 5) is 0. The lowest BCUT2D eigenvalue weighted by Crippen LogP contribution is -2.13. The van der Waals surface area contributed by atoms with E-state index in [4.69, 9.17) is 42.1 Å². The average Bonchev–Trinajstić information content (AvgIpc) is 3.20. The molecule has 5 nitrogen and oxygen atoms in total. The summed E-state index contributed by atoms with van der Waals surface area (Å²) in [5, 5.41) is 4.57. The van der Waals surface area contributed by atoms with Gasteiger partial charge in [-0.2, -0.15) is 0 Å². The Bertz CT molecular complexity index is 1040. The van der Waals surface area contributed by atoms with E-state index in [-0.39, 0.29) is 6.79 Å². The van der Waals surface area contributed by atoms with Gasteiger partial charge < -0.3 is 24.3 Å². The molecule has 1 aliphatic heterocycles. The summed E-state index contributed by atoms with van der Waals surface area (Å²) in [6, 6.07) is 17.2. The molecule has 0 spiro atoms. The van der Waals surface area contributed by atoms with Crippen molar-refractivity contribution in [2.75, 3.05) is 13.9 Å². The van der Waals surface area contributed by atoms with Crippen LogP contribution in [0.5, 0.6) is 23.0 Å². The van der Waals surface area contributed by atoms with E-state index < -0.39 is 0 Å². The molecule has 0 unspecified atom stereocenters. The predicted octanol–water partition coefficient (Wildman–Crippen LogP) is 5.60. The van der Waals surface area contributed by atoms with E-state index in [0.29, 0.717) is 41.2 Å². The molecule has 0 aliphatic carbocycles. The maximum absolute atomic E-state index is 6.48. The molecule has 30 heavy (non-hydrogen) atoms. The van der Waals surface area contributed by atoms with Gasteiger partial charge in [-0.1, -0.05) is 41.4 Å². The molecule has 0 radical (unpaired) electrons. The quantitative estimate of drug-likeness (QED) is 0.488. The summed E-state index contributed by atoms with van der Waals surface area (Å²) in [6.07, 6.45) is 0. The van der Waals surface area contributed by atoms with E-state index in [2.05, 4.69) is 5.32 Å². The smallest absolute Gasteiger partial charge is 0.231 e. The van der Waals surface area contributed by atoms with Gasteiger partial charge >= 0.3 is 0 Å². The van der Waals surface area contributed by atoms with Gasteiger partial charge in [0.2, 0.25) is 6.79 Å². The summed E-state index contributed by atoms with van der Waals surface area (Å²) >= 11 is 12.5. The van der Waals surface area contributed by atoms with Crippen LogP contribution in [0.4, 0.5) is 0 Å². The van der Waals surface area contributed by atoms with Crippen LogP contribution in [0, 0.1) is 0 Å². The topological polar surface area (TPSA) is 49.0 Å². The highest BCUT2D eigenvalue weighted by molar-refractivity contribution is 6.32. The van der Waals surface area contributed by atoms with Crippen molar-refractivity contribution in [2.45, 2.75) is 19.7 Å². The molecule has 0 atom stereocenters. The van der Waals surface area contributed by atoms with Crippen molar-refractivity contribution in [1.29, 1.82) is 0 Å². The van der Waals surface area contributed by atoms with E-state index >= 15 is 0 Å². The Morgan fingerprint density at radius 1 is 0.900 bits per heavy atom. The van der Waals surface area contributed by atoms with Crippen molar-refractivity contribution in [3.63, 3.8) is 0 Å². The Labute approximate surface area is 185 Å². The first kappa shape index (κ1) is 20.7. The van der Waals surface area contributed by atoms with Crippen LogP contribution >= 0.6 is 23.2 Å². The molecule has 3 aromatic rings. The van der Waals surface area contributed by atoms with Crippen molar-refractivity contribution in [3.05, 3.63) is 81.3 Å². The number of fused-ring (bicyclic) bond motifs is 1. The summed E-state index contributed by atoms with van der Waals surface area (Å²) in [5.41, 5.74) is 3.06.